The average molecular weight is 623 g/mol. The highest BCUT2D eigenvalue weighted by atomic mass is 16.6. The minimum absolute atomic E-state index is 0.196. The first-order valence-electron chi connectivity index (χ1n) is 16.1. The zero-order chi connectivity index (χ0) is 31.5. The van der Waals surface area contributed by atoms with Crippen LogP contribution in [-0.4, -0.2) is 31.4 Å². The summed E-state index contributed by atoms with van der Waals surface area (Å²) >= 11 is 0. The first kappa shape index (κ1) is 29.6. The fraction of sp³-hybridized carbons (Fsp3) is 0.333. The molecule has 4 aromatic rings. The Hall–Kier alpha value is -5.12. The standard InChI is InChI=1S/C18H18N2O4.C18H20N2O2/c21-20(22)18-14-4-2-1-3-12(14)5-7-15(18)19-13-6-8-16-17(11-13)24-10-9-23-16;19-18-14-4-2-1-3-12(14)5-7-15(18)20-13-6-8-16-17(11-13)22-10-9-21-16/h5-8,11,19H,1-4,9-10H2;5-8,11,20H,1-4,9-10,19H2. The summed E-state index contributed by atoms with van der Waals surface area (Å²) < 4.78 is 22.3. The predicted molar refractivity (Wildman–Crippen MR) is 179 cm³/mol. The third kappa shape index (κ3) is 6.20. The molecule has 10 heteroatoms. The molecule has 0 unspecified atom stereocenters. The van der Waals surface area contributed by atoms with E-state index in [9.17, 15) is 10.1 Å². The van der Waals surface area contributed by atoms with Crippen molar-refractivity contribution in [1.29, 1.82) is 0 Å². The van der Waals surface area contributed by atoms with Gasteiger partial charge in [0.1, 0.15) is 32.1 Å². The van der Waals surface area contributed by atoms with E-state index in [0.29, 0.717) is 43.6 Å². The summed E-state index contributed by atoms with van der Waals surface area (Å²) in [5, 5.41) is 18.2. The Labute approximate surface area is 268 Å². The highest BCUT2D eigenvalue weighted by Gasteiger charge is 2.25. The lowest BCUT2D eigenvalue weighted by atomic mass is 9.90. The first-order chi connectivity index (χ1) is 22.5. The lowest BCUT2D eigenvalue weighted by Crippen LogP contribution is -2.15. The number of benzene rings is 4. The van der Waals surface area contributed by atoms with Crippen LogP contribution >= 0.6 is 0 Å². The summed E-state index contributed by atoms with van der Waals surface area (Å²) in [7, 11) is 0. The number of anilines is 5. The van der Waals surface area contributed by atoms with Gasteiger partial charge in [-0.15, -0.1) is 0 Å². The zero-order valence-corrected chi connectivity index (χ0v) is 25.7. The van der Waals surface area contributed by atoms with Crippen LogP contribution in [0, 0.1) is 10.1 Å². The van der Waals surface area contributed by atoms with Crippen LogP contribution in [0.4, 0.5) is 34.1 Å². The van der Waals surface area contributed by atoms with Gasteiger partial charge in [-0.05, 0) is 104 Å². The van der Waals surface area contributed by atoms with Crippen molar-refractivity contribution in [2.45, 2.75) is 51.4 Å². The number of nitrogens with zero attached hydrogens (tertiary/aromatic N) is 1. The number of ether oxygens (including phenoxy) is 4. The molecular formula is C36H38N4O6. The van der Waals surface area contributed by atoms with Crippen LogP contribution in [0.15, 0.2) is 60.7 Å². The highest BCUT2D eigenvalue weighted by molar-refractivity contribution is 5.78. The van der Waals surface area contributed by atoms with Crippen molar-refractivity contribution in [2.75, 3.05) is 42.8 Å². The lowest BCUT2D eigenvalue weighted by molar-refractivity contribution is -0.384. The molecule has 2 aliphatic carbocycles. The number of hydrogen-bond acceptors (Lipinski definition) is 9. The van der Waals surface area contributed by atoms with Crippen molar-refractivity contribution in [2.24, 2.45) is 0 Å². The molecule has 0 bridgehead atoms. The van der Waals surface area contributed by atoms with Crippen molar-refractivity contribution in [1.82, 2.24) is 0 Å². The van der Waals surface area contributed by atoms with Gasteiger partial charge in [0.15, 0.2) is 23.0 Å². The average Bonchev–Trinajstić information content (AvgIpc) is 3.09. The van der Waals surface area contributed by atoms with E-state index in [0.717, 1.165) is 83.9 Å². The maximum absolute atomic E-state index is 11.6. The maximum Gasteiger partial charge on any atom is 0.296 e. The van der Waals surface area contributed by atoms with Gasteiger partial charge in [0.25, 0.3) is 5.69 Å². The van der Waals surface area contributed by atoms with Crippen LogP contribution < -0.4 is 35.3 Å². The second-order valence-corrected chi connectivity index (χ2v) is 11.9. The Bertz CT molecular complexity index is 1770. The van der Waals surface area contributed by atoms with Crippen LogP contribution in [0.2, 0.25) is 0 Å². The van der Waals surface area contributed by atoms with Gasteiger partial charge in [-0.3, -0.25) is 10.1 Å². The molecule has 0 radical (unpaired) electrons. The molecule has 4 aromatic carbocycles. The Kier molecular flexibility index (Phi) is 8.41. The molecule has 46 heavy (non-hydrogen) atoms. The van der Waals surface area contributed by atoms with E-state index in [-0.39, 0.29) is 10.6 Å². The van der Waals surface area contributed by atoms with E-state index in [1.54, 1.807) is 6.07 Å². The topological polar surface area (TPSA) is 130 Å². The molecule has 0 amide bonds. The van der Waals surface area contributed by atoms with Gasteiger partial charge in [-0.2, -0.15) is 0 Å². The molecular weight excluding hydrogens is 584 g/mol. The number of nitrogen functional groups attached to an aromatic ring is 1. The molecule has 0 atom stereocenters. The van der Waals surface area contributed by atoms with Gasteiger partial charge in [0.05, 0.1) is 16.3 Å². The van der Waals surface area contributed by atoms with E-state index < -0.39 is 0 Å². The maximum atomic E-state index is 11.6. The number of nitro groups is 1. The van der Waals surface area contributed by atoms with E-state index in [2.05, 4.69) is 22.8 Å². The first-order valence-corrected chi connectivity index (χ1v) is 16.1. The van der Waals surface area contributed by atoms with Crippen molar-refractivity contribution in [3.63, 3.8) is 0 Å². The third-order valence-corrected chi connectivity index (χ3v) is 8.90. The number of fused-ring (bicyclic) bond motifs is 4. The van der Waals surface area contributed by atoms with Crippen molar-refractivity contribution in [3.05, 3.63) is 93.0 Å². The number of nitrogens with one attached hydrogen (secondary N) is 2. The van der Waals surface area contributed by atoms with E-state index in [1.165, 1.54) is 24.0 Å². The number of rotatable bonds is 5. The molecule has 0 fully saturated rings. The molecule has 0 spiro atoms. The van der Waals surface area contributed by atoms with E-state index in [4.69, 9.17) is 24.7 Å². The second kappa shape index (κ2) is 13.1. The largest absolute Gasteiger partial charge is 0.486 e. The van der Waals surface area contributed by atoms with Gasteiger partial charge < -0.3 is 35.3 Å². The van der Waals surface area contributed by atoms with Crippen molar-refractivity contribution in [3.8, 4) is 23.0 Å². The van der Waals surface area contributed by atoms with Gasteiger partial charge in [-0.25, -0.2) is 0 Å². The van der Waals surface area contributed by atoms with Crippen LogP contribution in [-0.2, 0) is 25.7 Å². The van der Waals surface area contributed by atoms with Gasteiger partial charge in [0, 0.05) is 29.1 Å². The molecule has 4 N–H and O–H groups in total. The van der Waals surface area contributed by atoms with Gasteiger partial charge >= 0.3 is 0 Å². The minimum Gasteiger partial charge on any atom is -0.486 e. The monoisotopic (exact) mass is 622 g/mol. The van der Waals surface area contributed by atoms with Crippen LogP contribution in [0.25, 0.3) is 0 Å². The molecule has 238 valence electrons. The molecule has 8 rings (SSSR count). The van der Waals surface area contributed by atoms with Crippen LogP contribution in [0.1, 0.15) is 47.9 Å². The molecule has 0 saturated carbocycles. The summed E-state index contributed by atoms with van der Waals surface area (Å²) in [6, 6.07) is 19.5. The third-order valence-electron chi connectivity index (χ3n) is 8.90. The Balaban J connectivity index is 0.000000147. The second-order valence-electron chi connectivity index (χ2n) is 11.9. The van der Waals surface area contributed by atoms with E-state index >= 15 is 0 Å². The Morgan fingerprint density at radius 2 is 1.07 bits per heavy atom. The molecule has 4 aliphatic rings. The zero-order valence-electron chi connectivity index (χ0n) is 25.7. The fourth-order valence-electron chi connectivity index (χ4n) is 6.64. The predicted octanol–water partition coefficient (Wildman–Crippen LogP) is 7.65. The number of nitro benzene ring substituents is 1. The molecule has 2 aliphatic heterocycles. The number of aryl methyl sites for hydroxylation is 2. The molecule has 10 nitrogen and oxygen atoms in total. The highest BCUT2D eigenvalue weighted by Crippen LogP contribution is 2.40. The van der Waals surface area contributed by atoms with Crippen molar-refractivity contribution >= 4 is 34.1 Å². The minimum atomic E-state index is -0.273. The van der Waals surface area contributed by atoms with Gasteiger partial charge in [0.2, 0.25) is 0 Å². The number of nitrogens with two attached hydrogens (primary N) is 1. The van der Waals surface area contributed by atoms with Crippen molar-refractivity contribution < 1.29 is 23.9 Å². The summed E-state index contributed by atoms with van der Waals surface area (Å²) in [5.74, 6) is 2.95. The Morgan fingerprint density at radius 3 is 1.65 bits per heavy atom. The molecule has 0 saturated heterocycles. The summed E-state index contributed by atoms with van der Waals surface area (Å²) in [6.07, 6.45) is 8.50. The summed E-state index contributed by atoms with van der Waals surface area (Å²) in [4.78, 5) is 11.4. The number of hydrogen-bond donors (Lipinski definition) is 3. The molecule has 2 heterocycles. The Morgan fingerprint density at radius 1 is 0.587 bits per heavy atom. The van der Waals surface area contributed by atoms with Crippen LogP contribution in [0.5, 0.6) is 23.0 Å². The fourth-order valence-corrected chi connectivity index (χ4v) is 6.64. The smallest absolute Gasteiger partial charge is 0.296 e. The SMILES string of the molecule is Nc1c(Nc2ccc3c(c2)OCCO3)ccc2c1CCCC2.O=[N+]([O-])c1c(Nc2ccc3c(c2)OCCO3)ccc2c1CCCC2. The summed E-state index contributed by atoms with van der Waals surface area (Å²) in [5.41, 5.74) is 15.3. The van der Waals surface area contributed by atoms with E-state index in [1.807, 2.05) is 42.5 Å². The normalized spacial score (nSPS) is 15.7. The summed E-state index contributed by atoms with van der Waals surface area (Å²) in [6.45, 7) is 2.25. The molecule has 0 aromatic heterocycles. The quantitative estimate of drug-likeness (QED) is 0.117. The lowest BCUT2D eigenvalue weighted by Gasteiger charge is -2.22. The van der Waals surface area contributed by atoms with Gasteiger partial charge in [-0.1, -0.05) is 12.1 Å². The van der Waals surface area contributed by atoms with Crippen LogP contribution in [0.3, 0.4) is 0 Å².